The fraction of sp³-hybridized carbons (Fsp3) is 0.588. The van der Waals surface area contributed by atoms with Crippen LogP contribution in [0.25, 0.3) is 0 Å². The maximum atomic E-state index is 11.8. The highest BCUT2D eigenvalue weighted by Gasteiger charge is 2.24. The molecule has 1 saturated carbocycles. The molecule has 5 nitrogen and oxygen atoms in total. The minimum absolute atomic E-state index is 0.188. The Morgan fingerprint density at radius 1 is 1.09 bits per heavy atom. The second-order valence-electron chi connectivity index (χ2n) is 6.89. The number of carbonyl (C=O) groups excluding carboxylic acids is 1. The number of hydrogen-bond donors (Lipinski definition) is 3. The van der Waals surface area contributed by atoms with Gasteiger partial charge < -0.3 is 20.5 Å². The van der Waals surface area contributed by atoms with Crippen molar-refractivity contribution < 1.29 is 14.6 Å². The van der Waals surface area contributed by atoms with E-state index in [1.54, 1.807) is 12.1 Å². The van der Waals surface area contributed by atoms with Gasteiger partial charge >= 0.3 is 6.09 Å². The van der Waals surface area contributed by atoms with Gasteiger partial charge in [0.05, 0.1) is 0 Å². The molecule has 5 heteroatoms. The summed E-state index contributed by atoms with van der Waals surface area (Å²) in [7, 11) is 0. The number of nitrogens with one attached hydrogen (secondary N) is 2. The van der Waals surface area contributed by atoms with E-state index in [-0.39, 0.29) is 17.9 Å². The Morgan fingerprint density at radius 3 is 2.18 bits per heavy atom. The number of hydrogen-bond acceptors (Lipinski definition) is 4. The first kappa shape index (κ1) is 16.5. The normalized spacial score (nSPS) is 22.0. The van der Waals surface area contributed by atoms with E-state index in [1.807, 2.05) is 32.9 Å². The van der Waals surface area contributed by atoms with Crippen molar-refractivity contribution in [3.8, 4) is 5.75 Å². The van der Waals surface area contributed by atoms with Crippen LogP contribution >= 0.6 is 0 Å². The van der Waals surface area contributed by atoms with Crippen LogP contribution in [0.3, 0.4) is 0 Å². The number of alkyl carbamates (subject to hydrolysis) is 1. The summed E-state index contributed by atoms with van der Waals surface area (Å²) in [4.78, 5) is 11.8. The lowest BCUT2D eigenvalue weighted by Gasteiger charge is -2.31. The van der Waals surface area contributed by atoms with E-state index in [9.17, 15) is 9.90 Å². The number of ether oxygens (including phenoxy) is 1. The minimum atomic E-state index is -0.457. The van der Waals surface area contributed by atoms with Crippen molar-refractivity contribution in [1.82, 2.24) is 5.32 Å². The van der Waals surface area contributed by atoms with Gasteiger partial charge in [-0.2, -0.15) is 0 Å². The third-order valence-corrected chi connectivity index (χ3v) is 3.69. The topological polar surface area (TPSA) is 70.6 Å². The number of carbonyl (C=O) groups is 1. The van der Waals surface area contributed by atoms with Gasteiger partial charge in [-0.15, -0.1) is 0 Å². The summed E-state index contributed by atoms with van der Waals surface area (Å²) >= 11 is 0. The van der Waals surface area contributed by atoms with Crippen LogP contribution in [0.2, 0.25) is 0 Å². The number of anilines is 1. The average Bonchev–Trinajstić information content (AvgIpc) is 2.41. The molecule has 0 aliphatic heterocycles. The molecule has 1 amide bonds. The van der Waals surface area contributed by atoms with Crippen LogP contribution in [0, 0.1) is 0 Å². The van der Waals surface area contributed by atoms with Crippen LogP contribution in [-0.4, -0.2) is 28.9 Å². The smallest absolute Gasteiger partial charge is 0.407 e. The molecular weight excluding hydrogens is 280 g/mol. The first-order valence-corrected chi connectivity index (χ1v) is 7.87. The van der Waals surface area contributed by atoms with Gasteiger partial charge in [-0.1, -0.05) is 0 Å². The summed E-state index contributed by atoms with van der Waals surface area (Å²) < 4.78 is 5.28. The van der Waals surface area contributed by atoms with Crippen LogP contribution in [0.15, 0.2) is 24.3 Å². The number of phenolic OH excluding ortho intramolecular Hbond substituents is 1. The summed E-state index contributed by atoms with van der Waals surface area (Å²) in [6.07, 6.45) is 3.55. The van der Waals surface area contributed by atoms with Gasteiger partial charge in [0.1, 0.15) is 11.4 Å². The molecule has 122 valence electrons. The first-order valence-electron chi connectivity index (χ1n) is 7.87. The molecule has 0 unspecified atom stereocenters. The molecule has 0 saturated heterocycles. The van der Waals surface area contributed by atoms with Gasteiger partial charge in [0, 0.05) is 17.8 Å². The number of phenols is 1. The molecule has 22 heavy (non-hydrogen) atoms. The van der Waals surface area contributed by atoms with E-state index in [2.05, 4.69) is 10.6 Å². The molecule has 0 atom stereocenters. The molecule has 1 aliphatic rings. The van der Waals surface area contributed by atoms with Crippen molar-refractivity contribution in [3.63, 3.8) is 0 Å². The minimum Gasteiger partial charge on any atom is -0.508 e. The van der Waals surface area contributed by atoms with Crippen molar-refractivity contribution in [2.75, 3.05) is 5.32 Å². The van der Waals surface area contributed by atoms with E-state index >= 15 is 0 Å². The molecule has 0 aromatic heterocycles. The van der Waals surface area contributed by atoms with Crippen LogP contribution < -0.4 is 10.6 Å². The van der Waals surface area contributed by atoms with Crippen molar-refractivity contribution >= 4 is 11.8 Å². The van der Waals surface area contributed by atoms with E-state index in [4.69, 9.17) is 4.74 Å². The number of amides is 1. The zero-order chi connectivity index (χ0) is 16.2. The highest BCUT2D eigenvalue weighted by Crippen LogP contribution is 2.23. The molecule has 1 aromatic rings. The van der Waals surface area contributed by atoms with Crippen LogP contribution in [0.1, 0.15) is 46.5 Å². The zero-order valence-electron chi connectivity index (χ0n) is 13.6. The van der Waals surface area contributed by atoms with Gasteiger partial charge in [0.2, 0.25) is 0 Å². The summed E-state index contributed by atoms with van der Waals surface area (Å²) in [6, 6.07) is 7.70. The van der Waals surface area contributed by atoms with E-state index < -0.39 is 5.60 Å². The lowest BCUT2D eigenvalue weighted by Crippen LogP contribution is -2.42. The number of rotatable bonds is 3. The van der Waals surface area contributed by atoms with E-state index in [0.717, 1.165) is 31.4 Å². The summed E-state index contributed by atoms with van der Waals surface area (Å²) in [6.45, 7) is 5.60. The van der Waals surface area contributed by atoms with E-state index in [1.165, 1.54) is 0 Å². The summed E-state index contributed by atoms with van der Waals surface area (Å²) in [5.41, 5.74) is 0.559. The van der Waals surface area contributed by atoms with Crippen LogP contribution in [0.5, 0.6) is 5.75 Å². The quantitative estimate of drug-likeness (QED) is 0.746. The molecule has 2 rings (SSSR count). The zero-order valence-corrected chi connectivity index (χ0v) is 13.6. The lowest BCUT2D eigenvalue weighted by atomic mass is 9.91. The molecule has 1 aliphatic carbocycles. The lowest BCUT2D eigenvalue weighted by molar-refractivity contribution is 0.0492. The van der Waals surface area contributed by atoms with Crippen molar-refractivity contribution in [3.05, 3.63) is 24.3 Å². The first-order chi connectivity index (χ1) is 10.3. The molecule has 1 fully saturated rings. The van der Waals surface area contributed by atoms with E-state index in [0.29, 0.717) is 6.04 Å². The fourth-order valence-electron chi connectivity index (χ4n) is 2.65. The highest BCUT2D eigenvalue weighted by molar-refractivity contribution is 5.68. The molecule has 1 aromatic carbocycles. The average molecular weight is 306 g/mol. The Morgan fingerprint density at radius 2 is 1.64 bits per heavy atom. The monoisotopic (exact) mass is 306 g/mol. The van der Waals surface area contributed by atoms with Gasteiger partial charge in [0.25, 0.3) is 0 Å². The number of aromatic hydroxyl groups is 1. The van der Waals surface area contributed by atoms with Gasteiger partial charge in [-0.3, -0.25) is 0 Å². The third kappa shape index (κ3) is 5.47. The Bertz CT molecular complexity index is 486. The SMILES string of the molecule is CC(C)(C)OC(=O)NC1CCC(Nc2ccc(O)cc2)CC1. The van der Waals surface area contributed by atoms with Gasteiger partial charge in [-0.25, -0.2) is 4.79 Å². The van der Waals surface area contributed by atoms with Crippen molar-refractivity contribution in [1.29, 1.82) is 0 Å². The standard InChI is InChI=1S/C17H26N2O3/c1-17(2,3)22-16(21)19-14-6-4-12(5-7-14)18-13-8-10-15(20)11-9-13/h8-12,14,18,20H,4-7H2,1-3H3,(H,19,21). The Labute approximate surface area is 132 Å². The maximum absolute atomic E-state index is 11.8. The third-order valence-electron chi connectivity index (χ3n) is 3.69. The van der Waals surface area contributed by atoms with Crippen LogP contribution in [-0.2, 0) is 4.74 Å². The Kier molecular flexibility index (Phi) is 5.16. The second-order valence-corrected chi connectivity index (χ2v) is 6.89. The highest BCUT2D eigenvalue weighted by atomic mass is 16.6. The van der Waals surface area contributed by atoms with Crippen LogP contribution in [0.4, 0.5) is 10.5 Å². The molecule has 0 radical (unpaired) electrons. The molecule has 0 heterocycles. The maximum Gasteiger partial charge on any atom is 0.407 e. The van der Waals surface area contributed by atoms with Crippen molar-refractivity contribution in [2.24, 2.45) is 0 Å². The predicted molar refractivity (Wildman–Crippen MR) is 87.1 cm³/mol. The Balaban J connectivity index is 1.73. The van der Waals surface area contributed by atoms with Gasteiger partial charge in [0.15, 0.2) is 0 Å². The fourth-order valence-corrected chi connectivity index (χ4v) is 2.65. The predicted octanol–water partition coefficient (Wildman–Crippen LogP) is 3.64. The number of benzene rings is 1. The summed E-state index contributed by atoms with van der Waals surface area (Å²) in [5.74, 6) is 0.274. The Hall–Kier alpha value is -1.91. The molecule has 0 spiro atoms. The largest absolute Gasteiger partial charge is 0.508 e. The summed E-state index contributed by atoms with van der Waals surface area (Å²) in [5, 5.41) is 15.7. The van der Waals surface area contributed by atoms with Gasteiger partial charge in [-0.05, 0) is 70.7 Å². The molecule has 0 bridgehead atoms. The molecular formula is C17H26N2O3. The van der Waals surface area contributed by atoms with Crippen molar-refractivity contribution in [2.45, 2.75) is 64.1 Å². The molecule has 3 N–H and O–H groups in total. The second kappa shape index (κ2) is 6.90.